The molecule has 0 atom stereocenters. The van der Waals surface area contributed by atoms with Crippen molar-refractivity contribution in [2.45, 2.75) is 20.0 Å². The first-order valence-electron chi connectivity index (χ1n) is 4.54. The summed E-state index contributed by atoms with van der Waals surface area (Å²) in [5.41, 5.74) is 0. The molecule has 0 amide bonds. The normalized spacial score (nSPS) is 12.0. The van der Waals surface area contributed by atoms with Crippen LogP contribution in [-0.2, 0) is 13.9 Å². The van der Waals surface area contributed by atoms with Crippen LogP contribution in [0.5, 0.6) is 0 Å². The van der Waals surface area contributed by atoms with Gasteiger partial charge in [-0.15, -0.1) is 0 Å². The van der Waals surface area contributed by atoms with Gasteiger partial charge in [-0.2, -0.15) is 0 Å². The fourth-order valence-electron chi connectivity index (χ4n) is 0.708. The van der Waals surface area contributed by atoms with Crippen LogP contribution in [-0.4, -0.2) is 41.7 Å². The van der Waals surface area contributed by atoms with E-state index in [4.69, 9.17) is 13.9 Å². The van der Waals surface area contributed by atoms with Crippen LogP contribution in [0.1, 0.15) is 6.92 Å². The van der Waals surface area contributed by atoms with Gasteiger partial charge in [-0.3, -0.25) is 4.11 Å². The Morgan fingerprint density at radius 1 is 1.00 bits per heavy atom. The average Bonchev–Trinajstić information content (AvgIpc) is 2.01. The Bertz CT molecular complexity index is 116. The van der Waals surface area contributed by atoms with Crippen LogP contribution >= 0.6 is 0 Å². The molecule has 0 unspecified atom stereocenters. The molecule has 0 heterocycles. The lowest BCUT2D eigenvalue weighted by Gasteiger charge is -2.12. The summed E-state index contributed by atoms with van der Waals surface area (Å²) in [6, 6.07) is 0. The molecule has 0 aromatic carbocycles. The van der Waals surface area contributed by atoms with E-state index in [0.29, 0.717) is 33.0 Å². The zero-order valence-electron chi connectivity index (χ0n) is 8.64. The van der Waals surface area contributed by atoms with Crippen molar-refractivity contribution in [3.8, 4) is 0 Å². The Morgan fingerprint density at radius 3 is 2.08 bits per heavy atom. The molecule has 0 aromatic heterocycles. The largest absolute Gasteiger partial charge is 0.389 e. The fourth-order valence-corrected chi connectivity index (χ4v) is 1.28. The zero-order valence-corrected chi connectivity index (χ0v) is 9.64. The van der Waals surface area contributed by atoms with Crippen molar-refractivity contribution in [3.63, 3.8) is 0 Å². The first-order chi connectivity index (χ1) is 6.06. The molecule has 80 valence electrons. The van der Waals surface area contributed by atoms with Gasteiger partial charge in [0.2, 0.25) is 0 Å². The van der Waals surface area contributed by atoms with E-state index in [2.05, 4.69) is 0 Å². The topological polar surface area (TPSA) is 27.7 Å². The highest BCUT2D eigenvalue weighted by Gasteiger charge is 2.20. The third-order valence-electron chi connectivity index (χ3n) is 1.25. The summed E-state index contributed by atoms with van der Waals surface area (Å²) < 4.78 is 28.0. The Hall–Kier alpha value is 0.0269. The minimum atomic E-state index is -2.84. The lowest BCUT2D eigenvalue weighted by atomic mass is 10.7. The van der Waals surface area contributed by atoms with E-state index >= 15 is 0 Å². The van der Waals surface area contributed by atoms with Gasteiger partial charge in [0.1, 0.15) is 0 Å². The molecule has 0 saturated heterocycles. The summed E-state index contributed by atoms with van der Waals surface area (Å²) in [5, 5.41) is 0. The van der Waals surface area contributed by atoms with Gasteiger partial charge in [0, 0.05) is 6.61 Å². The van der Waals surface area contributed by atoms with Crippen LogP contribution in [0.4, 0.5) is 4.11 Å². The highest BCUT2D eigenvalue weighted by molar-refractivity contribution is 6.63. The van der Waals surface area contributed by atoms with Gasteiger partial charge < -0.3 is 13.9 Å². The Kier molecular flexibility index (Phi) is 7.45. The summed E-state index contributed by atoms with van der Waals surface area (Å²) >= 11 is 0. The van der Waals surface area contributed by atoms with Crippen LogP contribution in [0.2, 0.25) is 13.1 Å². The van der Waals surface area contributed by atoms with Crippen LogP contribution in [0.15, 0.2) is 0 Å². The van der Waals surface area contributed by atoms with Crippen molar-refractivity contribution in [2.75, 3.05) is 33.0 Å². The molecule has 0 aliphatic carbocycles. The molecule has 5 heteroatoms. The first kappa shape index (κ1) is 13.0. The highest BCUT2D eigenvalue weighted by atomic mass is 28.4. The van der Waals surface area contributed by atoms with Gasteiger partial charge >= 0.3 is 8.65 Å². The maximum absolute atomic E-state index is 12.9. The van der Waals surface area contributed by atoms with Gasteiger partial charge in [-0.25, -0.2) is 0 Å². The molecule has 0 aliphatic heterocycles. The van der Waals surface area contributed by atoms with Crippen molar-refractivity contribution in [1.29, 1.82) is 0 Å². The predicted octanol–water partition coefficient (Wildman–Crippen LogP) is 1.73. The number of rotatable bonds is 8. The SMILES string of the molecule is CCOCCOCCO[Si](C)(C)F. The second-order valence-corrected chi connectivity index (χ2v) is 6.04. The maximum atomic E-state index is 12.9. The molecule has 0 N–H and O–H groups in total. The molecule has 0 rings (SSSR count). The summed E-state index contributed by atoms with van der Waals surface area (Å²) in [5.74, 6) is 0. The Morgan fingerprint density at radius 2 is 1.54 bits per heavy atom. The summed E-state index contributed by atoms with van der Waals surface area (Å²) in [6.07, 6.45) is 0. The monoisotopic (exact) mass is 210 g/mol. The number of halogens is 1. The van der Waals surface area contributed by atoms with E-state index in [9.17, 15) is 4.11 Å². The molecular weight excluding hydrogens is 191 g/mol. The third-order valence-corrected chi connectivity index (χ3v) is 2.14. The maximum Gasteiger partial charge on any atom is 0.377 e. The smallest absolute Gasteiger partial charge is 0.377 e. The summed E-state index contributed by atoms with van der Waals surface area (Å²) in [4.78, 5) is 0. The van der Waals surface area contributed by atoms with E-state index in [1.54, 1.807) is 0 Å². The van der Waals surface area contributed by atoms with Gasteiger partial charge in [-0.1, -0.05) is 0 Å². The van der Waals surface area contributed by atoms with Crippen molar-refractivity contribution in [3.05, 3.63) is 0 Å². The molecule has 0 saturated carbocycles. The minimum absolute atomic E-state index is 0.335. The Balaban J connectivity index is 3.00. The summed E-state index contributed by atoms with van der Waals surface area (Å²) in [6.45, 7) is 7.55. The molecule has 3 nitrogen and oxygen atoms in total. The second kappa shape index (κ2) is 7.43. The Labute approximate surface area is 80.5 Å². The second-order valence-electron chi connectivity index (χ2n) is 3.02. The molecule has 0 aromatic rings. The molecule has 0 spiro atoms. The lowest BCUT2D eigenvalue weighted by molar-refractivity contribution is 0.0378. The van der Waals surface area contributed by atoms with Crippen LogP contribution in [0.25, 0.3) is 0 Å². The quantitative estimate of drug-likeness (QED) is 0.347. The molecule has 0 bridgehead atoms. The average molecular weight is 210 g/mol. The van der Waals surface area contributed by atoms with E-state index in [1.165, 1.54) is 13.1 Å². The zero-order chi connectivity index (χ0) is 10.2. The number of hydrogen-bond acceptors (Lipinski definition) is 3. The van der Waals surface area contributed by atoms with Crippen molar-refractivity contribution < 1.29 is 18.0 Å². The third kappa shape index (κ3) is 12.0. The van der Waals surface area contributed by atoms with Gasteiger partial charge in [0.25, 0.3) is 0 Å². The van der Waals surface area contributed by atoms with E-state index < -0.39 is 8.65 Å². The van der Waals surface area contributed by atoms with Crippen molar-refractivity contribution in [2.24, 2.45) is 0 Å². The van der Waals surface area contributed by atoms with Crippen LogP contribution in [0.3, 0.4) is 0 Å². The standard InChI is InChI=1S/C8H19FO3Si/c1-4-10-5-6-11-7-8-12-13(2,3)9/h4-8H2,1-3H3. The number of hydrogen-bond donors (Lipinski definition) is 0. The van der Waals surface area contributed by atoms with Crippen LogP contribution in [0, 0.1) is 0 Å². The van der Waals surface area contributed by atoms with Crippen molar-refractivity contribution in [1.82, 2.24) is 0 Å². The van der Waals surface area contributed by atoms with Gasteiger partial charge in [0.15, 0.2) is 0 Å². The minimum Gasteiger partial charge on any atom is -0.389 e. The molecule has 0 aliphatic rings. The first-order valence-corrected chi connectivity index (χ1v) is 7.33. The van der Waals surface area contributed by atoms with E-state index in [-0.39, 0.29) is 0 Å². The van der Waals surface area contributed by atoms with Crippen molar-refractivity contribution >= 4 is 8.65 Å². The lowest BCUT2D eigenvalue weighted by Crippen LogP contribution is -2.26. The molecule has 13 heavy (non-hydrogen) atoms. The van der Waals surface area contributed by atoms with Gasteiger partial charge in [-0.05, 0) is 20.0 Å². The molecular formula is C8H19FO3Si. The molecule has 0 radical (unpaired) electrons. The highest BCUT2D eigenvalue weighted by Crippen LogP contribution is 2.03. The number of ether oxygens (including phenoxy) is 2. The summed E-state index contributed by atoms with van der Waals surface area (Å²) in [7, 11) is -2.84. The van der Waals surface area contributed by atoms with Crippen LogP contribution < -0.4 is 0 Å². The fraction of sp³-hybridized carbons (Fsp3) is 1.00. The van der Waals surface area contributed by atoms with E-state index in [0.717, 1.165) is 0 Å². The van der Waals surface area contributed by atoms with Gasteiger partial charge in [0.05, 0.1) is 26.4 Å². The molecule has 0 fully saturated rings. The predicted molar refractivity (Wildman–Crippen MR) is 51.9 cm³/mol. The van der Waals surface area contributed by atoms with E-state index in [1.807, 2.05) is 6.92 Å².